The Morgan fingerprint density at radius 2 is 1.81 bits per heavy atom. The number of aromatic nitrogens is 2. The lowest BCUT2D eigenvalue weighted by molar-refractivity contribution is -0.145. The third-order valence-corrected chi connectivity index (χ3v) is 8.40. The van der Waals surface area contributed by atoms with Crippen LogP contribution in [0.25, 0.3) is 0 Å². The minimum absolute atomic E-state index is 0.0175. The summed E-state index contributed by atoms with van der Waals surface area (Å²) < 4.78 is 35.7. The van der Waals surface area contributed by atoms with E-state index in [4.69, 9.17) is 10.5 Å². The molecule has 2 aromatic carbocycles. The maximum atomic E-state index is 14.4. The Morgan fingerprint density at radius 3 is 2.48 bits per heavy atom. The van der Waals surface area contributed by atoms with E-state index in [2.05, 4.69) is 10.3 Å². The van der Waals surface area contributed by atoms with Crippen molar-refractivity contribution in [3.8, 4) is 11.6 Å². The number of likely N-dealkylation sites (tertiary alicyclic amines) is 1. The summed E-state index contributed by atoms with van der Waals surface area (Å²) in [7, 11) is 1.85. The molecule has 2 fully saturated rings. The molecule has 1 aromatic heterocycles. The van der Waals surface area contributed by atoms with Crippen LogP contribution in [0.2, 0.25) is 0 Å². The second-order valence-corrected chi connectivity index (χ2v) is 11.4. The number of hydrogen-bond donors (Lipinski definition) is 3. The number of ether oxygens (including phenoxy) is 1. The first-order valence-electron chi connectivity index (χ1n) is 14.3. The number of carbonyl (C=O) groups excluding carboxylic acids is 1. The van der Waals surface area contributed by atoms with Gasteiger partial charge in [0, 0.05) is 44.3 Å². The van der Waals surface area contributed by atoms with Crippen LogP contribution >= 0.6 is 0 Å². The van der Waals surface area contributed by atoms with Crippen LogP contribution in [-0.2, 0) is 17.9 Å². The van der Waals surface area contributed by atoms with Crippen molar-refractivity contribution in [1.82, 2.24) is 19.8 Å². The molecular weight excluding hydrogens is 544 g/mol. The van der Waals surface area contributed by atoms with Crippen LogP contribution in [0.15, 0.2) is 65.7 Å². The second-order valence-electron chi connectivity index (χ2n) is 11.4. The van der Waals surface area contributed by atoms with Crippen molar-refractivity contribution >= 4 is 11.6 Å². The van der Waals surface area contributed by atoms with Gasteiger partial charge in [-0.2, -0.15) is 0 Å². The SMILES string of the molecule is CNCc1ccc(Oc2ncn(CC3(O)CCN(C(=O)[C@@H]4CCC(F)(F)C[C@H]4c4ccccc4)CC3)c(=O)c2N)cc1. The van der Waals surface area contributed by atoms with E-state index in [0.717, 1.165) is 11.1 Å². The lowest BCUT2D eigenvalue weighted by atomic mass is 9.73. The van der Waals surface area contributed by atoms with Gasteiger partial charge in [-0.3, -0.25) is 14.2 Å². The molecule has 1 aliphatic heterocycles. The molecule has 4 N–H and O–H groups in total. The summed E-state index contributed by atoms with van der Waals surface area (Å²) in [5, 5.41) is 14.4. The van der Waals surface area contributed by atoms with Crippen molar-refractivity contribution in [3.63, 3.8) is 0 Å². The number of hydrogen-bond acceptors (Lipinski definition) is 7. The maximum Gasteiger partial charge on any atom is 0.280 e. The van der Waals surface area contributed by atoms with Gasteiger partial charge in [0.25, 0.3) is 5.56 Å². The monoisotopic (exact) mass is 581 g/mol. The van der Waals surface area contributed by atoms with Gasteiger partial charge in [0.2, 0.25) is 17.7 Å². The highest BCUT2D eigenvalue weighted by Gasteiger charge is 2.46. The minimum atomic E-state index is -2.81. The predicted octanol–water partition coefficient (Wildman–Crippen LogP) is 3.91. The van der Waals surface area contributed by atoms with Crippen LogP contribution in [0.4, 0.5) is 14.5 Å². The van der Waals surface area contributed by atoms with Crippen LogP contribution in [0.1, 0.15) is 49.1 Å². The van der Waals surface area contributed by atoms with Crippen LogP contribution in [-0.4, -0.2) is 57.1 Å². The van der Waals surface area contributed by atoms with Gasteiger partial charge in [0.05, 0.1) is 12.1 Å². The standard InChI is InChI=1S/C31H37F2N5O4/c1-35-18-21-7-9-23(10-8-21)42-27-26(34)29(40)38(20-36-27)19-30(41)13-15-37(16-14-30)28(39)24-11-12-31(32,33)17-25(24)22-5-3-2-4-6-22/h2-10,20,24-25,35,41H,11-19,34H2,1H3/t24-,25+/m1/s1. The number of carbonyl (C=O) groups is 1. The molecule has 0 unspecified atom stereocenters. The summed E-state index contributed by atoms with van der Waals surface area (Å²) >= 11 is 0. The molecular formula is C31H37F2N5O4. The smallest absolute Gasteiger partial charge is 0.280 e. The second kappa shape index (κ2) is 12.2. The van der Waals surface area contributed by atoms with Gasteiger partial charge in [-0.05, 0) is 49.6 Å². The molecule has 42 heavy (non-hydrogen) atoms. The van der Waals surface area contributed by atoms with E-state index in [-0.39, 0.29) is 69.2 Å². The zero-order valence-electron chi connectivity index (χ0n) is 23.6. The van der Waals surface area contributed by atoms with Crippen molar-refractivity contribution in [2.24, 2.45) is 5.92 Å². The average Bonchev–Trinajstić information content (AvgIpc) is 2.98. The van der Waals surface area contributed by atoms with Crippen molar-refractivity contribution in [3.05, 3.63) is 82.4 Å². The Labute approximate surface area is 243 Å². The number of alkyl halides is 2. The summed E-state index contributed by atoms with van der Waals surface area (Å²) in [4.78, 5) is 32.4. The van der Waals surface area contributed by atoms with Crippen molar-refractivity contribution in [2.75, 3.05) is 25.9 Å². The Hall–Kier alpha value is -3.83. The fourth-order valence-corrected chi connectivity index (χ4v) is 6.01. The summed E-state index contributed by atoms with van der Waals surface area (Å²) in [6, 6.07) is 16.3. The average molecular weight is 582 g/mol. The van der Waals surface area contributed by atoms with Gasteiger partial charge in [0.1, 0.15) is 12.1 Å². The number of anilines is 1. The Balaban J connectivity index is 1.22. The van der Waals surface area contributed by atoms with E-state index >= 15 is 0 Å². The van der Waals surface area contributed by atoms with E-state index in [0.29, 0.717) is 12.3 Å². The van der Waals surface area contributed by atoms with Crippen LogP contribution < -0.4 is 21.3 Å². The lowest BCUT2D eigenvalue weighted by Gasteiger charge is -2.42. The zero-order valence-corrected chi connectivity index (χ0v) is 23.6. The first kappa shape index (κ1) is 29.7. The molecule has 9 nitrogen and oxygen atoms in total. The number of nitrogens with two attached hydrogens (primary N) is 1. The molecule has 2 atom stereocenters. The van der Waals surface area contributed by atoms with Gasteiger partial charge in [-0.1, -0.05) is 42.5 Å². The molecule has 1 saturated carbocycles. The normalized spacial score (nSPS) is 21.6. The highest BCUT2D eigenvalue weighted by atomic mass is 19.3. The van der Waals surface area contributed by atoms with Gasteiger partial charge < -0.3 is 25.8 Å². The van der Waals surface area contributed by atoms with Crippen LogP contribution in [0.3, 0.4) is 0 Å². The number of aliphatic hydroxyl groups is 1. The first-order chi connectivity index (χ1) is 20.1. The number of nitrogen functional groups attached to an aromatic ring is 1. The van der Waals surface area contributed by atoms with E-state index in [1.54, 1.807) is 41.3 Å². The van der Waals surface area contributed by atoms with Crippen molar-refractivity contribution < 1.29 is 23.4 Å². The molecule has 1 saturated heterocycles. The number of amides is 1. The number of benzene rings is 2. The highest BCUT2D eigenvalue weighted by Crippen LogP contribution is 2.46. The largest absolute Gasteiger partial charge is 0.437 e. The molecule has 0 bridgehead atoms. The number of halogens is 2. The number of piperidine rings is 1. The third kappa shape index (κ3) is 6.63. The molecule has 2 heterocycles. The van der Waals surface area contributed by atoms with Gasteiger partial charge in [-0.25, -0.2) is 13.8 Å². The van der Waals surface area contributed by atoms with Gasteiger partial charge in [0.15, 0.2) is 5.69 Å². The van der Waals surface area contributed by atoms with Crippen LogP contribution in [0, 0.1) is 5.92 Å². The molecule has 3 aromatic rings. The Morgan fingerprint density at radius 1 is 1.12 bits per heavy atom. The van der Waals surface area contributed by atoms with Gasteiger partial charge >= 0.3 is 0 Å². The van der Waals surface area contributed by atoms with E-state index < -0.39 is 28.9 Å². The van der Waals surface area contributed by atoms with Crippen molar-refractivity contribution in [1.29, 1.82) is 0 Å². The molecule has 2 aliphatic rings. The molecule has 11 heteroatoms. The molecule has 224 valence electrons. The van der Waals surface area contributed by atoms with E-state index in [1.807, 2.05) is 25.2 Å². The molecule has 1 amide bonds. The lowest BCUT2D eigenvalue weighted by Crippen LogP contribution is -2.52. The maximum absolute atomic E-state index is 14.4. The summed E-state index contributed by atoms with van der Waals surface area (Å²) in [5.41, 5.74) is 5.90. The number of rotatable bonds is 8. The van der Waals surface area contributed by atoms with E-state index in [9.17, 15) is 23.5 Å². The van der Waals surface area contributed by atoms with E-state index in [1.165, 1.54) is 10.9 Å². The molecule has 5 rings (SSSR count). The molecule has 1 aliphatic carbocycles. The molecule has 0 spiro atoms. The summed E-state index contributed by atoms with van der Waals surface area (Å²) in [5.74, 6) is -3.61. The van der Waals surface area contributed by atoms with Crippen LogP contribution in [0.5, 0.6) is 11.6 Å². The van der Waals surface area contributed by atoms with Gasteiger partial charge in [-0.15, -0.1) is 0 Å². The third-order valence-electron chi connectivity index (χ3n) is 8.40. The molecule has 0 radical (unpaired) electrons. The summed E-state index contributed by atoms with van der Waals surface area (Å²) in [6.45, 7) is 1.17. The quantitative estimate of drug-likeness (QED) is 0.369. The predicted molar refractivity (Wildman–Crippen MR) is 154 cm³/mol. The zero-order chi connectivity index (χ0) is 29.9. The topological polar surface area (TPSA) is 123 Å². The number of nitrogens with zero attached hydrogens (tertiary/aromatic N) is 3. The van der Waals surface area contributed by atoms with Crippen molar-refractivity contribution in [2.45, 2.75) is 62.6 Å². The fraction of sp³-hybridized carbons (Fsp3) is 0.452. The Kier molecular flexibility index (Phi) is 8.60. The fourth-order valence-electron chi connectivity index (χ4n) is 6.01. The highest BCUT2D eigenvalue weighted by molar-refractivity contribution is 5.80. The first-order valence-corrected chi connectivity index (χ1v) is 14.3. The Bertz CT molecular complexity index is 1440. The summed E-state index contributed by atoms with van der Waals surface area (Å²) in [6.07, 6.45) is 1.18. The minimum Gasteiger partial charge on any atom is -0.437 e. The number of nitrogens with one attached hydrogen (secondary N) is 1.